The zero-order valence-corrected chi connectivity index (χ0v) is 16.1. The summed E-state index contributed by atoms with van der Waals surface area (Å²) in [7, 11) is 3.82. The van der Waals surface area contributed by atoms with Crippen molar-refractivity contribution in [1.82, 2.24) is 30.2 Å². The molecule has 1 fully saturated rings. The largest absolute Gasteiger partial charge is 0.497 e. The summed E-state index contributed by atoms with van der Waals surface area (Å²) in [4.78, 5) is 16.1. The summed E-state index contributed by atoms with van der Waals surface area (Å²) < 4.78 is 5.28. The van der Waals surface area contributed by atoms with Gasteiger partial charge in [-0.05, 0) is 32.2 Å². The van der Waals surface area contributed by atoms with E-state index in [-0.39, 0.29) is 0 Å². The maximum atomic E-state index is 5.28. The van der Waals surface area contributed by atoms with Gasteiger partial charge in [0, 0.05) is 31.6 Å². The van der Waals surface area contributed by atoms with Crippen LogP contribution >= 0.6 is 0 Å². The molecule has 0 amide bonds. The predicted molar refractivity (Wildman–Crippen MR) is 106 cm³/mol. The van der Waals surface area contributed by atoms with E-state index in [4.69, 9.17) is 4.74 Å². The van der Waals surface area contributed by atoms with E-state index in [9.17, 15) is 0 Å². The molecule has 2 aliphatic rings. The van der Waals surface area contributed by atoms with Crippen LogP contribution in [0.25, 0.3) is 10.9 Å². The zero-order valence-electron chi connectivity index (χ0n) is 16.1. The number of benzene rings is 1. The molecular formula is C18H26N8O. The second-order valence-corrected chi connectivity index (χ2v) is 6.89. The van der Waals surface area contributed by atoms with E-state index in [1.165, 1.54) is 0 Å². The molecule has 0 atom stereocenters. The lowest BCUT2D eigenvalue weighted by Gasteiger charge is -2.40. The van der Waals surface area contributed by atoms with Crippen molar-refractivity contribution in [2.24, 2.45) is 4.99 Å². The minimum Gasteiger partial charge on any atom is -0.497 e. The second kappa shape index (κ2) is 7.63. The van der Waals surface area contributed by atoms with E-state index in [0.717, 1.165) is 55.2 Å². The fourth-order valence-electron chi connectivity index (χ4n) is 3.33. The highest BCUT2D eigenvalue weighted by Gasteiger charge is 2.22. The Morgan fingerprint density at radius 2 is 1.93 bits per heavy atom. The van der Waals surface area contributed by atoms with Crippen LogP contribution in [0.1, 0.15) is 5.69 Å². The predicted octanol–water partition coefficient (Wildman–Crippen LogP) is 0.697. The zero-order chi connectivity index (χ0) is 18.8. The number of nitrogens with one attached hydrogen (secondary N) is 2. The number of hydrogen-bond acceptors (Lipinski definition) is 9. The SMILES string of the molecule is COc1ccc2nc(NC3=NCN(N4CCN(C)CC4)CN3)nc(C)c2c1. The van der Waals surface area contributed by atoms with Crippen LogP contribution in [0.5, 0.6) is 5.75 Å². The van der Waals surface area contributed by atoms with E-state index in [0.29, 0.717) is 18.6 Å². The average molecular weight is 370 g/mol. The summed E-state index contributed by atoms with van der Waals surface area (Å²) in [6.07, 6.45) is 0. The highest BCUT2D eigenvalue weighted by Crippen LogP contribution is 2.22. The lowest BCUT2D eigenvalue weighted by atomic mass is 10.2. The number of aryl methyl sites for hydroxylation is 1. The summed E-state index contributed by atoms with van der Waals surface area (Å²) in [6.45, 7) is 7.56. The van der Waals surface area contributed by atoms with E-state index < -0.39 is 0 Å². The van der Waals surface area contributed by atoms with Gasteiger partial charge in [-0.25, -0.2) is 25.0 Å². The third kappa shape index (κ3) is 3.95. The monoisotopic (exact) mass is 370 g/mol. The average Bonchev–Trinajstić information content (AvgIpc) is 2.69. The van der Waals surface area contributed by atoms with Crippen LogP contribution in [0.2, 0.25) is 0 Å². The van der Waals surface area contributed by atoms with Crippen LogP contribution in [0.15, 0.2) is 23.2 Å². The molecule has 0 radical (unpaired) electrons. The van der Waals surface area contributed by atoms with Gasteiger partial charge in [-0.3, -0.25) is 5.32 Å². The van der Waals surface area contributed by atoms with E-state index in [1.54, 1.807) is 7.11 Å². The fraction of sp³-hybridized carbons (Fsp3) is 0.500. The molecule has 0 spiro atoms. The number of methoxy groups -OCH3 is 1. The van der Waals surface area contributed by atoms with Gasteiger partial charge in [0.2, 0.25) is 11.9 Å². The minimum absolute atomic E-state index is 0.546. The first-order valence-electron chi connectivity index (χ1n) is 9.18. The molecule has 2 N–H and O–H groups in total. The van der Waals surface area contributed by atoms with Crippen LogP contribution < -0.4 is 15.4 Å². The summed E-state index contributed by atoms with van der Waals surface area (Å²) >= 11 is 0. The van der Waals surface area contributed by atoms with Gasteiger partial charge in [-0.15, -0.1) is 0 Å². The van der Waals surface area contributed by atoms with Crippen molar-refractivity contribution >= 4 is 22.8 Å². The summed E-state index contributed by atoms with van der Waals surface area (Å²) in [5.74, 6) is 2.05. The highest BCUT2D eigenvalue weighted by molar-refractivity contribution is 5.93. The number of fused-ring (bicyclic) bond motifs is 1. The van der Waals surface area contributed by atoms with Crippen molar-refractivity contribution in [3.8, 4) is 5.75 Å². The maximum absolute atomic E-state index is 5.28. The van der Waals surface area contributed by atoms with Gasteiger partial charge in [0.15, 0.2) is 0 Å². The molecule has 9 nitrogen and oxygen atoms in total. The number of aliphatic imine (C=N–C) groups is 1. The number of piperazine rings is 1. The molecule has 2 aromatic rings. The van der Waals surface area contributed by atoms with Crippen molar-refractivity contribution < 1.29 is 4.74 Å². The van der Waals surface area contributed by atoms with Gasteiger partial charge in [-0.2, -0.15) is 0 Å². The molecule has 144 valence electrons. The Hall–Kier alpha value is -2.49. The molecule has 4 rings (SSSR count). The second-order valence-electron chi connectivity index (χ2n) is 6.89. The number of likely N-dealkylation sites (N-methyl/N-ethyl adjacent to an activating group) is 1. The molecule has 1 aromatic heterocycles. The Balaban J connectivity index is 1.43. The number of guanidine groups is 1. The van der Waals surface area contributed by atoms with Gasteiger partial charge in [-0.1, -0.05) is 0 Å². The quantitative estimate of drug-likeness (QED) is 0.817. The maximum Gasteiger partial charge on any atom is 0.230 e. The number of hydrogen-bond donors (Lipinski definition) is 2. The van der Waals surface area contributed by atoms with E-state index in [1.807, 2.05) is 25.1 Å². The lowest BCUT2D eigenvalue weighted by molar-refractivity contribution is -0.0567. The van der Waals surface area contributed by atoms with Crippen LogP contribution in [0.4, 0.5) is 5.95 Å². The molecule has 3 heterocycles. The first kappa shape index (κ1) is 17.9. The van der Waals surface area contributed by atoms with Crippen molar-refractivity contribution in [1.29, 1.82) is 0 Å². The van der Waals surface area contributed by atoms with Crippen molar-refractivity contribution in [2.45, 2.75) is 6.92 Å². The molecule has 0 bridgehead atoms. The van der Waals surface area contributed by atoms with Crippen molar-refractivity contribution in [2.75, 3.05) is 59.0 Å². The molecule has 0 saturated carbocycles. The van der Waals surface area contributed by atoms with Gasteiger partial charge >= 0.3 is 0 Å². The number of ether oxygens (including phenoxy) is 1. The molecular weight excluding hydrogens is 344 g/mol. The Morgan fingerprint density at radius 3 is 2.63 bits per heavy atom. The molecule has 1 aromatic carbocycles. The third-order valence-electron chi connectivity index (χ3n) is 5.02. The Bertz CT molecular complexity index is 847. The van der Waals surface area contributed by atoms with Crippen molar-refractivity contribution in [3.05, 3.63) is 23.9 Å². The van der Waals surface area contributed by atoms with Crippen LogP contribution in [0.3, 0.4) is 0 Å². The first-order chi connectivity index (χ1) is 13.1. The number of hydrazine groups is 1. The van der Waals surface area contributed by atoms with Gasteiger partial charge in [0.05, 0.1) is 25.0 Å². The van der Waals surface area contributed by atoms with Crippen LogP contribution in [-0.4, -0.2) is 84.5 Å². The third-order valence-corrected chi connectivity index (χ3v) is 5.02. The summed E-state index contributed by atoms with van der Waals surface area (Å²) in [5.41, 5.74) is 1.78. The standard InChI is InChI=1S/C18H26N8O/c1-13-15-10-14(27-3)4-5-16(15)22-18(21-13)23-17-19-11-26(12-20-17)25-8-6-24(2)7-9-25/h4-5,10H,6-9,11-12H2,1-3H3,(H2,19,20,21,22,23). The number of rotatable bonds is 3. The topological polar surface area (TPSA) is 81.2 Å². The fourth-order valence-corrected chi connectivity index (χ4v) is 3.33. The van der Waals surface area contributed by atoms with Gasteiger partial charge in [0.25, 0.3) is 0 Å². The van der Waals surface area contributed by atoms with E-state index in [2.05, 4.69) is 47.6 Å². The van der Waals surface area contributed by atoms with Gasteiger partial charge < -0.3 is 15.0 Å². The Kier molecular flexibility index (Phi) is 5.06. The highest BCUT2D eigenvalue weighted by atomic mass is 16.5. The molecule has 2 aliphatic heterocycles. The first-order valence-corrected chi connectivity index (χ1v) is 9.18. The number of anilines is 1. The molecule has 9 heteroatoms. The molecule has 0 unspecified atom stereocenters. The Labute approximate surface area is 159 Å². The van der Waals surface area contributed by atoms with Crippen LogP contribution in [-0.2, 0) is 0 Å². The smallest absolute Gasteiger partial charge is 0.230 e. The summed E-state index contributed by atoms with van der Waals surface area (Å²) in [5, 5.41) is 12.1. The lowest BCUT2D eigenvalue weighted by Crippen LogP contribution is -2.58. The molecule has 1 saturated heterocycles. The summed E-state index contributed by atoms with van der Waals surface area (Å²) in [6, 6.07) is 5.81. The van der Waals surface area contributed by atoms with Crippen LogP contribution in [0, 0.1) is 6.92 Å². The minimum atomic E-state index is 0.546. The molecule has 0 aliphatic carbocycles. The van der Waals surface area contributed by atoms with E-state index >= 15 is 0 Å². The normalized spacial score (nSPS) is 19.6. The Morgan fingerprint density at radius 1 is 1.11 bits per heavy atom. The number of nitrogens with zero attached hydrogens (tertiary/aromatic N) is 6. The molecule has 27 heavy (non-hydrogen) atoms. The van der Waals surface area contributed by atoms with Gasteiger partial charge in [0.1, 0.15) is 12.4 Å². The number of aromatic nitrogens is 2. The van der Waals surface area contributed by atoms with Crippen molar-refractivity contribution in [3.63, 3.8) is 0 Å².